The van der Waals surface area contributed by atoms with Crippen molar-refractivity contribution in [3.8, 4) is 0 Å². The van der Waals surface area contributed by atoms with Crippen molar-refractivity contribution in [3.05, 3.63) is 93.7 Å². The van der Waals surface area contributed by atoms with Crippen molar-refractivity contribution >= 4 is 27.7 Å². The van der Waals surface area contributed by atoms with Crippen LogP contribution < -0.4 is 0 Å². The van der Waals surface area contributed by atoms with Crippen molar-refractivity contribution in [3.63, 3.8) is 0 Å². The molecule has 0 saturated heterocycles. The van der Waals surface area contributed by atoms with Crippen LogP contribution in [0.25, 0.3) is 0 Å². The van der Waals surface area contributed by atoms with E-state index < -0.39 is 0 Å². The molecule has 0 aliphatic heterocycles. The van der Waals surface area contributed by atoms with Gasteiger partial charge >= 0.3 is 0 Å². The van der Waals surface area contributed by atoms with Gasteiger partial charge in [0, 0.05) is 41.1 Å². The lowest BCUT2D eigenvalue weighted by Gasteiger charge is -2.31. The van der Waals surface area contributed by atoms with Crippen LogP contribution in [0.2, 0.25) is 0 Å². The molecule has 0 radical (unpaired) electrons. The molecule has 0 bridgehead atoms. The molecule has 1 atom stereocenters. The van der Waals surface area contributed by atoms with Gasteiger partial charge in [0.25, 0.3) is 5.91 Å². The first-order chi connectivity index (χ1) is 19.4. The Morgan fingerprint density at radius 1 is 0.875 bits per heavy atom. The largest absolute Gasteiger partial charge is 0.345 e. The molecule has 0 saturated carbocycles. The monoisotopic (exact) mass is 607 g/mol. The number of halogens is 1. The first-order valence-corrected chi connectivity index (χ1v) is 15.7. The van der Waals surface area contributed by atoms with Gasteiger partial charge in [-0.3, -0.25) is 9.59 Å². The molecule has 0 aliphatic carbocycles. The van der Waals surface area contributed by atoms with E-state index in [-0.39, 0.29) is 24.4 Å². The van der Waals surface area contributed by atoms with E-state index in [1.807, 2.05) is 30.0 Å². The zero-order valence-corrected chi connectivity index (χ0v) is 26.3. The number of aryl methyl sites for hydroxylation is 1. The van der Waals surface area contributed by atoms with Gasteiger partial charge in [0.15, 0.2) is 0 Å². The maximum absolute atomic E-state index is 13.8. The maximum Gasteiger partial charge on any atom is 0.254 e. The van der Waals surface area contributed by atoms with Crippen LogP contribution in [-0.2, 0) is 24.3 Å². The summed E-state index contributed by atoms with van der Waals surface area (Å²) in [5.41, 5.74) is 4.20. The maximum atomic E-state index is 13.8. The van der Waals surface area contributed by atoms with Crippen LogP contribution in [0.1, 0.15) is 93.4 Å². The fourth-order valence-corrected chi connectivity index (χ4v) is 5.09. The number of hydrogen-bond acceptors (Lipinski definition) is 2. The van der Waals surface area contributed by atoms with Crippen molar-refractivity contribution < 1.29 is 9.59 Å². The van der Waals surface area contributed by atoms with E-state index in [4.69, 9.17) is 0 Å². The van der Waals surface area contributed by atoms with Gasteiger partial charge in [-0.2, -0.15) is 0 Å². The summed E-state index contributed by atoms with van der Waals surface area (Å²) in [6, 6.07) is 20.4. The van der Waals surface area contributed by atoms with Gasteiger partial charge in [0.05, 0.1) is 6.54 Å². The topological polar surface area (TPSA) is 45.6 Å². The minimum absolute atomic E-state index is 0.00493. The number of hydrogen-bond donors (Lipinski definition) is 0. The molecule has 2 aromatic carbocycles. The third-order valence-electron chi connectivity index (χ3n) is 7.64. The Balaban J connectivity index is 1.74. The minimum Gasteiger partial charge on any atom is -0.345 e. The van der Waals surface area contributed by atoms with E-state index in [1.54, 1.807) is 4.90 Å². The number of amides is 2. The molecule has 0 fully saturated rings. The average molecular weight is 609 g/mol. The third-order valence-corrected chi connectivity index (χ3v) is 8.16. The van der Waals surface area contributed by atoms with Crippen LogP contribution in [0.5, 0.6) is 0 Å². The lowest BCUT2D eigenvalue weighted by molar-refractivity contribution is -0.133. The molecule has 3 rings (SSSR count). The highest BCUT2D eigenvalue weighted by Gasteiger charge is 2.26. The molecule has 1 aromatic heterocycles. The SMILES string of the molecule is CCCCCc1ccc(C(=O)N(CC(=O)N(CCCC)Cc2cccn2Cc2ccc(Br)cc2)C(C)CC)cc1. The summed E-state index contributed by atoms with van der Waals surface area (Å²) >= 11 is 3.51. The van der Waals surface area contributed by atoms with Crippen molar-refractivity contribution in [1.82, 2.24) is 14.4 Å². The van der Waals surface area contributed by atoms with E-state index in [2.05, 4.69) is 89.9 Å². The highest BCUT2D eigenvalue weighted by atomic mass is 79.9. The van der Waals surface area contributed by atoms with Crippen molar-refractivity contribution in [2.45, 2.75) is 91.8 Å². The van der Waals surface area contributed by atoms with E-state index in [0.717, 1.165) is 48.8 Å². The van der Waals surface area contributed by atoms with Crippen molar-refractivity contribution in [2.24, 2.45) is 0 Å². The van der Waals surface area contributed by atoms with E-state index in [1.165, 1.54) is 24.0 Å². The van der Waals surface area contributed by atoms with Crippen molar-refractivity contribution in [1.29, 1.82) is 0 Å². The molecule has 5 nitrogen and oxygen atoms in total. The van der Waals surface area contributed by atoms with Crippen LogP contribution in [0.3, 0.4) is 0 Å². The summed E-state index contributed by atoms with van der Waals surface area (Å²) in [4.78, 5) is 31.1. The van der Waals surface area contributed by atoms with Crippen LogP contribution in [-0.4, -0.2) is 45.3 Å². The fraction of sp³-hybridized carbons (Fsp3) is 0.471. The predicted octanol–water partition coefficient (Wildman–Crippen LogP) is 8.10. The second-order valence-corrected chi connectivity index (χ2v) is 11.7. The number of unbranched alkanes of at least 4 members (excludes halogenated alkanes) is 3. The summed E-state index contributed by atoms with van der Waals surface area (Å²) in [7, 11) is 0. The number of carbonyl (C=O) groups excluding carboxylic acids is 2. The Morgan fingerprint density at radius 2 is 1.55 bits per heavy atom. The van der Waals surface area contributed by atoms with E-state index in [9.17, 15) is 9.59 Å². The number of carbonyl (C=O) groups is 2. The van der Waals surface area contributed by atoms with Gasteiger partial charge < -0.3 is 14.4 Å². The van der Waals surface area contributed by atoms with E-state index >= 15 is 0 Å². The van der Waals surface area contributed by atoms with Gasteiger partial charge in [-0.25, -0.2) is 0 Å². The Hall–Kier alpha value is -2.86. The standard InChI is InChI=1S/C34H46BrN3O2/c1-5-8-10-12-28-14-18-30(19-15-28)34(40)38(27(4)7-3)26-33(39)37(22-9-6-2)25-32-13-11-23-36(32)24-29-16-20-31(35)21-17-29/h11,13-21,23,27H,5-10,12,22,24-26H2,1-4H3. The van der Waals surface area contributed by atoms with E-state index in [0.29, 0.717) is 18.7 Å². The quantitative estimate of drug-likeness (QED) is 0.154. The molecule has 3 aromatic rings. The Bertz CT molecular complexity index is 1190. The Kier molecular flexibility index (Phi) is 13.0. The third kappa shape index (κ3) is 9.36. The number of nitrogens with zero attached hydrogens (tertiary/aromatic N) is 3. The summed E-state index contributed by atoms with van der Waals surface area (Å²) in [6.07, 6.45) is 9.40. The first-order valence-electron chi connectivity index (χ1n) is 14.9. The summed E-state index contributed by atoms with van der Waals surface area (Å²) < 4.78 is 3.26. The second kappa shape index (κ2) is 16.4. The zero-order chi connectivity index (χ0) is 28.9. The number of aromatic nitrogens is 1. The lowest BCUT2D eigenvalue weighted by Crippen LogP contribution is -2.46. The Morgan fingerprint density at radius 3 is 2.20 bits per heavy atom. The molecule has 40 heavy (non-hydrogen) atoms. The van der Waals surface area contributed by atoms with Gasteiger partial charge in [-0.05, 0) is 80.1 Å². The lowest BCUT2D eigenvalue weighted by atomic mass is 10.0. The average Bonchev–Trinajstić information content (AvgIpc) is 3.41. The molecule has 0 aliphatic rings. The summed E-state index contributed by atoms with van der Waals surface area (Å²) in [5.74, 6) is -0.0773. The van der Waals surface area contributed by atoms with Crippen LogP contribution in [0.4, 0.5) is 0 Å². The molecular weight excluding hydrogens is 562 g/mol. The molecule has 6 heteroatoms. The van der Waals surface area contributed by atoms with Gasteiger partial charge in [-0.1, -0.05) is 80.2 Å². The van der Waals surface area contributed by atoms with Crippen LogP contribution >= 0.6 is 15.9 Å². The minimum atomic E-state index is -0.0723. The van der Waals surface area contributed by atoms with Gasteiger partial charge in [-0.15, -0.1) is 0 Å². The van der Waals surface area contributed by atoms with Gasteiger partial charge in [0.1, 0.15) is 6.54 Å². The second-order valence-electron chi connectivity index (χ2n) is 10.8. The highest BCUT2D eigenvalue weighted by molar-refractivity contribution is 9.10. The zero-order valence-electron chi connectivity index (χ0n) is 24.7. The normalized spacial score (nSPS) is 11.8. The molecule has 216 valence electrons. The molecule has 2 amide bonds. The fourth-order valence-electron chi connectivity index (χ4n) is 4.82. The summed E-state index contributed by atoms with van der Waals surface area (Å²) in [5, 5.41) is 0. The van der Waals surface area contributed by atoms with Crippen LogP contribution in [0.15, 0.2) is 71.3 Å². The Labute approximate surface area is 249 Å². The van der Waals surface area contributed by atoms with Gasteiger partial charge in [0.2, 0.25) is 5.91 Å². The molecule has 1 unspecified atom stereocenters. The molecule has 1 heterocycles. The highest BCUT2D eigenvalue weighted by Crippen LogP contribution is 2.17. The molecule has 0 N–H and O–H groups in total. The predicted molar refractivity (Wildman–Crippen MR) is 168 cm³/mol. The van der Waals surface area contributed by atoms with Crippen LogP contribution in [0, 0.1) is 0 Å². The number of rotatable bonds is 16. The van der Waals surface area contributed by atoms with Crippen molar-refractivity contribution in [2.75, 3.05) is 13.1 Å². The molecular formula is C34H46BrN3O2. The molecule has 0 spiro atoms. The number of benzene rings is 2. The first kappa shape index (κ1) is 31.7. The smallest absolute Gasteiger partial charge is 0.254 e. The summed E-state index contributed by atoms with van der Waals surface area (Å²) in [6.45, 7) is 10.5.